The zero-order chi connectivity index (χ0) is 19.2. The Hall–Kier alpha value is -2.40. The largest absolute Gasteiger partial charge is 0.354 e. The Bertz CT molecular complexity index is 765. The minimum absolute atomic E-state index is 0.0507. The Morgan fingerprint density at radius 2 is 1.75 bits per heavy atom. The number of amides is 1. The first kappa shape index (κ1) is 18.9. The van der Waals surface area contributed by atoms with Gasteiger partial charge in [0.2, 0.25) is 5.91 Å². The number of carbonyl (C=O) groups excluding carboxylic acids is 1. The first-order chi connectivity index (χ1) is 13.8. The highest BCUT2D eigenvalue weighted by molar-refractivity contribution is 5.78. The van der Waals surface area contributed by atoms with Crippen LogP contribution in [0.25, 0.3) is 0 Å². The van der Waals surface area contributed by atoms with Crippen molar-refractivity contribution < 1.29 is 4.79 Å². The molecule has 1 saturated carbocycles. The summed E-state index contributed by atoms with van der Waals surface area (Å²) in [6, 6.07) is 14.8. The second-order valence-corrected chi connectivity index (χ2v) is 7.92. The molecular formula is C23H30N4O. The summed E-state index contributed by atoms with van der Waals surface area (Å²) >= 11 is 0. The van der Waals surface area contributed by atoms with Crippen LogP contribution >= 0.6 is 0 Å². The zero-order valence-electron chi connectivity index (χ0n) is 16.5. The molecule has 1 aliphatic carbocycles. The van der Waals surface area contributed by atoms with Gasteiger partial charge >= 0.3 is 0 Å². The molecule has 2 aromatic rings. The smallest absolute Gasteiger partial charge is 0.224 e. The maximum atomic E-state index is 12.2. The lowest BCUT2D eigenvalue weighted by molar-refractivity contribution is -0.120. The Labute approximate surface area is 167 Å². The Balaban J connectivity index is 1.28. The molecule has 2 fully saturated rings. The fourth-order valence-electron chi connectivity index (χ4n) is 4.37. The van der Waals surface area contributed by atoms with Gasteiger partial charge in [-0.25, -0.2) is 4.98 Å². The first-order valence-electron chi connectivity index (χ1n) is 10.5. The zero-order valence-corrected chi connectivity index (χ0v) is 16.5. The Kier molecular flexibility index (Phi) is 6.22. The summed E-state index contributed by atoms with van der Waals surface area (Å²) < 4.78 is 0. The molecule has 28 heavy (non-hydrogen) atoms. The van der Waals surface area contributed by atoms with E-state index in [1.807, 2.05) is 42.6 Å². The molecule has 1 aromatic heterocycles. The summed E-state index contributed by atoms with van der Waals surface area (Å²) in [5.41, 5.74) is 2.14. The Morgan fingerprint density at radius 3 is 2.50 bits per heavy atom. The highest BCUT2D eigenvalue weighted by Crippen LogP contribution is 2.25. The summed E-state index contributed by atoms with van der Waals surface area (Å²) in [4.78, 5) is 21.8. The number of rotatable bonds is 6. The van der Waals surface area contributed by atoms with Crippen LogP contribution in [0.15, 0.2) is 48.7 Å². The fraction of sp³-hybridized carbons (Fsp3) is 0.478. The van der Waals surface area contributed by atoms with Gasteiger partial charge in [-0.3, -0.25) is 9.69 Å². The third-order valence-corrected chi connectivity index (χ3v) is 5.99. The number of carbonyl (C=O) groups is 1. The summed E-state index contributed by atoms with van der Waals surface area (Å²) in [5.74, 6) is 1.08. The first-order valence-corrected chi connectivity index (χ1v) is 10.5. The van der Waals surface area contributed by atoms with Gasteiger partial charge < -0.3 is 10.2 Å². The molecule has 4 rings (SSSR count). The number of hydrogen-bond donors (Lipinski definition) is 1. The van der Waals surface area contributed by atoms with E-state index in [0.717, 1.165) is 49.2 Å². The lowest BCUT2D eigenvalue weighted by Crippen LogP contribution is -2.50. The molecule has 2 aliphatic rings. The van der Waals surface area contributed by atoms with Crippen molar-refractivity contribution in [3.8, 4) is 0 Å². The average molecular weight is 379 g/mol. The van der Waals surface area contributed by atoms with Gasteiger partial charge in [0, 0.05) is 45.0 Å². The van der Waals surface area contributed by atoms with Gasteiger partial charge in [-0.15, -0.1) is 0 Å². The molecule has 1 aliphatic heterocycles. The second kappa shape index (κ2) is 9.20. The van der Waals surface area contributed by atoms with Gasteiger partial charge in [0.15, 0.2) is 0 Å². The molecule has 2 heterocycles. The molecule has 0 atom stereocenters. The number of benzene rings is 1. The van der Waals surface area contributed by atoms with Crippen molar-refractivity contribution in [3.63, 3.8) is 0 Å². The molecule has 1 aromatic carbocycles. The van der Waals surface area contributed by atoms with E-state index in [9.17, 15) is 4.79 Å². The predicted octanol–water partition coefficient (Wildman–Crippen LogP) is 3.01. The van der Waals surface area contributed by atoms with Gasteiger partial charge in [-0.1, -0.05) is 43.2 Å². The quantitative estimate of drug-likeness (QED) is 0.840. The van der Waals surface area contributed by atoms with Gasteiger partial charge in [0.1, 0.15) is 5.82 Å². The van der Waals surface area contributed by atoms with Crippen molar-refractivity contribution in [3.05, 3.63) is 59.8 Å². The second-order valence-electron chi connectivity index (χ2n) is 7.92. The molecule has 5 nitrogen and oxygen atoms in total. The topological polar surface area (TPSA) is 48.5 Å². The SMILES string of the molecule is O=C(Cc1ccccc1)NCc1ccnc(N2CCN(C3CCCC3)CC2)c1. The maximum Gasteiger partial charge on any atom is 0.224 e. The van der Waals surface area contributed by atoms with Crippen molar-refractivity contribution in [2.45, 2.75) is 44.7 Å². The monoisotopic (exact) mass is 378 g/mol. The summed E-state index contributed by atoms with van der Waals surface area (Å²) in [6.45, 7) is 4.87. The predicted molar refractivity (Wildman–Crippen MR) is 112 cm³/mol. The van der Waals surface area contributed by atoms with E-state index >= 15 is 0 Å². The molecule has 5 heteroatoms. The van der Waals surface area contributed by atoms with E-state index < -0.39 is 0 Å². The van der Waals surface area contributed by atoms with Crippen LogP contribution in [-0.2, 0) is 17.8 Å². The van der Waals surface area contributed by atoms with Crippen LogP contribution in [0.2, 0.25) is 0 Å². The van der Waals surface area contributed by atoms with Gasteiger partial charge in [0.25, 0.3) is 0 Å². The van der Waals surface area contributed by atoms with Gasteiger partial charge in [-0.05, 0) is 36.1 Å². The van der Waals surface area contributed by atoms with Gasteiger partial charge in [0.05, 0.1) is 6.42 Å². The van der Waals surface area contributed by atoms with Crippen molar-refractivity contribution in [2.75, 3.05) is 31.1 Å². The number of hydrogen-bond acceptors (Lipinski definition) is 4. The summed E-state index contributed by atoms with van der Waals surface area (Å²) in [7, 11) is 0. The third-order valence-electron chi connectivity index (χ3n) is 5.99. The molecule has 0 radical (unpaired) electrons. The number of aromatic nitrogens is 1. The number of nitrogens with zero attached hydrogens (tertiary/aromatic N) is 3. The minimum atomic E-state index is 0.0507. The van der Waals surface area contributed by atoms with Crippen molar-refractivity contribution >= 4 is 11.7 Å². The van der Waals surface area contributed by atoms with Crippen molar-refractivity contribution in [2.24, 2.45) is 0 Å². The summed E-state index contributed by atoms with van der Waals surface area (Å²) in [6.07, 6.45) is 7.81. The molecule has 148 valence electrons. The fourth-order valence-corrected chi connectivity index (χ4v) is 4.37. The van der Waals surface area contributed by atoms with Crippen LogP contribution in [0.4, 0.5) is 5.82 Å². The molecule has 0 bridgehead atoms. The van der Waals surface area contributed by atoms with Gasteiger partial charge in [-0.2, -0.15) is 0 Å². The minimum Gasteiger partial charge on any atom is -0.354 e. The van der Waals surface area contributed by atoms with Crippen LogP contribution in [0.3, 0.4) is 0 Å². The maximum absolute atomic E-state index is 12.2. The summed E-state index contributed by atoms with van der Waals surface area (Å²) in [5, 5.41) is 3.03. The van der Waals surface area contributed by atoms with Crippen LogP contribution in [0, 0.1) is 0 Å². The standard InChI is InChI=1S/C23H30N4O/c28-23(17-19-6-2-1-3-7-19)25-18-20-10-11-24-22(16-20)27-14-12-26(13-15-27)21-8-4-5-9-21/h1-3,6-7,10-11,16,21H,4-5,8-9,12-15,17-18H2,(H,25,28). The lowest BCUT2D eigenvalue weighted by Gasteiger charge is -2.38. The van der Waals surface area contributed by atoms with Crippen LogP contribution in [-0.4, -0.2) is 48.0 Å². The number of anilines is 1. The number of piperazine rings is 1. The highest BCUT2D eigenvalue weighted by atomic mass is 16.1. The van der Waals surface area contributed by atoms with E-state index in [1.165, 1.54) is 25.7 Å². The van der Waals surface area contributed by atoms with E-state index in [0.29, 0.717) is 13.0 Å². The molecule has 0 unspecified atom stereocenters. The molecule has 1 amide bonds. The normalized spacial score (nSPS) is 18.4. The molecule has 1 saturated heterocycles. The van der Waals surface area contributed by atoms with E-state index in [2.05, 4.69) is 26.2 Å². The lowest BCUT2D eigenvalue weighted by atomic mass is 10.1. The van der Waals surface area contributed by atoms with E-state index in [1.54, 1.807) is 0 Å². The van der Waals surface area contributed by atoms with Crippen molar-refractivity contribution in [1.29, 1.82) is 0 Å². The highest BCUT2D eigenvalue weighted by Gasteiger charge is 2.26. The number of pyridine rings is 1. The average Bonchev–Trinajstić information content (AvgIpc) is 3.28. The van der Waals surface area contributed by atoms with Crippen LogP contribution < -0.4 is 10.2 Å². The van der Waals surface area contributed by atoms with Crippen molar-refractivity contribution in [1.82, 2.24) is 15.2 Å². The molecule has 0 spiro atoms. The van der Waals surface area contributed by atoms with Crippen LogP contribution in [0.5, 0.6) is 0 Å². The molecular weight excluding hydrogens is 348 g/mol. The van der Waals surface area contributed by atoms with Crippen LogP contribution in [0.1, 0.15) is 36.8 Å². The molecule has 1 N–H and O–H groups in total. The number of nitrogens with one attached hydrogen (secondary N) is 1. The van der Waals surface area contributed by atoms with E-state index in [4.69, 9.17) is 0 Å². The Morgan fingerprint density at radius 1 is 1.00 bits per heavy atom. The van der Waals surface area contributed by atoms with E-state index in [-0.39, 0.29) is 5.91 Å². The third kappa shape index (κ3) is 4.90.